The van der Waals surface area contributed by atoms with Gasteiger partial charge in [0.1, 0.15) is 0 Å². The first kappa shape index (κ1) is 12.1. The fourth-order valence-electron chi connectivity index (χ4n) is 2.60. The van der Waals surface area contributed by atoms with Crippen LogP contribution in [0.25, 0.3) is 0 Å². The lowest BCUT2D eigenvalue weighted by molar-refractivity contribution is 0.422. The summed E-state index contributed by atoms with van der Waals surface area (Å²) in [7, 11) is 0. The molecule has 0 amide bonds. The summed E-state index contributed by atoms with van der Waals surface area (Å²) in [6.07, 6.45) is 5.29. The lowest BCUT2D eigenvalue weighted by atomic mass is 9.96. The second kappa shape index (κ2) is 5.30. The van der Waals surface area contributed by atoms with Crippen LogP contribution in [0.1, 0.15) is 32.6 Å². The molecular formula is C12H23N3S. The molecule has 1 aliphatic heterocycles. The fraction of sp³-hybridized carbons (Fsp3) is 0.917. The van der Waals surface area contributed by atoms with Gasteiger partial charge in [-0.15, -0.1) is 0 Å². The lowest BCUT2D eigenvalue weighted by Gasteiger charge is -2.21. The van der Waals surface area contributed by atoms with E-state index in [2.05, 4.69) is 29.0 Å². The van der Waals surface area contributed by atoms with E-state index in [9.17, 15) is 0 Å². The standard InChI is InChI=1S/C12H23N3S/c1-2-5-14-11(13)15-9-10-8-12(10)3-6-16-7-4-12/h10H,2-9H2,1H3,(H3,13,14,15). The van der Waals surface area contributed by atoms with Gasteiger partial charge in [-0.3, -0.25) is 4.99 Å². The average Bonchev–Trinajstić information content (AvgIpc) is 2.97. The highest BCUT2D eigenvalue weighted by atomic mass is 32.2. The number of nitrogens with one attached hydrogen (secondary N) is 1. The molecule has 1 spiro atoms. The molecule has 1 heterocycles. The molecule has 0 aromatic heterocycles. The fourth-order valence-corrected chi connectivity index (χ4v) is 3.90. The Kier molecular flexibility index (Phi) is 4.00. The minimum atomic E-state index is 0.633. The van der Waals surface area contributed by atoms with Crippen LogP contribution in [0.2, 0.25) is 0 Å². The summed E-state index contributed by atoms with van der Waals surface area (Å²) >= 11 is 2.10. The van der Waals surface area contributed by atoms with Crippen LogP contribution in [0.4, 0.5) is 0 Å². The molecule has 4 heteroatoms. The smallest absolute Gasteiger partial charge is 0.188 e. The molecule has 3 N–H and O–H groups in total. The Balaban J connectivity index is 1.71. The molecule has 2 fully saturated rings. The highest BCUT2D eigenvalue weighted by Gasteiger charge is 2.53. The predicted octanol–water partition coefficient (Wildman–Crippen LogP) is 1.83. The van der Waals surface area contributed by atoms with Crippen LogP contribution < -0.4 is 11.1 Å². The summed E-state index contributed by atoms with van der Waals surface area (Å²) in [5.74, 6) is 4.15. The van der Waals surface area contributed by atoms with Crippen LogP contribution in [-0.4, -0.2) is 30.6 Å². The van der Waals surface area contributed by atoms with Crippen molar-refractivity contribution >= 4 is 17.7 Å². The van der Waals surface area contributed by atoms with E-state index in [1.54, 1.807) is 0 Å². The molecule has 1 aliphatic carbocycles. The third-order valence-electron chi connectivity index (χ3n) is 3.89. The first-order chi connectivity index (χ1) is 7.77. The molecule has 0 bridgehead atoms. The number of hydrogen-bond donors (Lipinski definition) is 2. The van der Waals surface area contributed by atoms with E-state index in [1.807, 2.05) is 0 Å². The van der Waals surface area contributed by atoms with E-state index in [0.717, 1.165) is 25.4 Å². The minimum absolute atomic E-state index is 0.633. The van der Waals surface area contributed by atoms with E-state index < -0.39 is 0 Å². The molecule has 2 rings (SSSR count). The zero-order chi connectivity index (χ0) is 11.4. The lowest BCUT2D eigenvalue weighted by Crippen LogP contribution is -2.32. The molecule has 3 nitrogen and oxygen atoms in total. The molecule has 0 aromatic carbocycles. The van der Waals surface area contributed by atoms with Gasteiger partial charge in [0.25, 0.3) is 0 Å². The Labute approximate surface area is 103 Å². The Morgan fingerprint density at radius 1 is 1.50 bits per heavy atom. The number of hydrogen-bond acceptors (Lipinski definition) is 2. The number of rotatable bonds is 4. The summed E-state index contributed by atoms with van der Waals surface area (Å²) in [6.45, 7) is 4.00. The van der Waals surface area contributed by atoms with E-state index in [4.69, 9.17) is 5.73 Å². The first-order valence-electron chi connectivity index (χ1n) is 6.38. The van der Waals surface area contributed by atoms with Gasteiger partial charge in [-0.25, -0.2) is 0 Å². The zero-order valence-corrected chi connectivity index (χ0v) is 11.0. The van der Waals surface area contributed by atoms with Gasteiger partial charge in [-0.1, -0.05) is 6.92 Å². The molecule has 0 radical (unpaired) electrons. The molecule has 1 saturated carbocycles. The molecular weight excluding hydrogens is 218 g/mol. The van der Waals surface area contributed by atoms with Gasteiger partial charge >= 0.3 is 0 Å². The number of nitrogens with zero attached hydrogens (tertiary/aromatic N) is 1. The van der Waals surface area contributed by atoms with Crippen molar-refractivity contribution in [3.63, 3.8) is 0 Å². The van der Waals surface area contributed by atoms with E-state index in [1.165, 1.54) is 30.8 Å². The number of thioether (sulfide) groups is 1. The monoisotopic (exact) mass is 241 g/mol. The molecule has 16 heavy (non-hydrogen) atoms. The summed E-state index contributed by atoms with van der Waals surface area (Å²) in [5.41, 5.74) is 6.46. The first-order valence-corrected chi connectivity index (χ1v) is 7.54. The largest absolute Gasteiger partial charge is 0.370 e. The van der Waals surface area contributed by atoms with Gasteiger partial charge in [-0.2, -0.15) is 11.8 Å². The van der Waals surface area contributed by atoms with Crippen molar-refractivity contribution in [3.05, 3.63) is 0 Å². The molecule has 92 valence electrons. The highest BCUT2D eigenvalue weighted by Crippen LogP contribution is 2.60. The summed E-state index contributed by atoms with van der Waals surface area (Å²) in [5, 5.41) is 3.13. The van der Waals surface area contributed by atoms with Gasteiger partial charge in [-0.05, 0) is 48.5 Å². The average molecular weight is 241 g/mol. The van der Waals surface area contributed by atoms with E-state index >= 15 is 0 Å². The second-order valence-electron chi connectivity index (χ2n) is 5.03. The molecule has 1 unspecified atom stereocenters. The van der Waals surface area contributed by atoms with Crippen LogP contribution in [0.3, 0.4) is 0 Å². The maximum atomic E-state index is 5.79. The predicted molar refractivity (Wildman–Crippen MR) is 71.9 cm³/mol. The van der Waals surface area contributed by atoms with Crippen molar-refractivity contribution in [3.8, 4) is 0 Å². The summed E-state index contributed by atoms with van der Waals surface area (Å²) in [6, 6.07) is 0. The normalized spacial score (nSPS) is 28.1. The second-order valence-corrected chi connectivity index (χ2v) is 6.25. The van der Waals surface area contributed by atoms with Crippen molar-refractivity contribution in [1.29, 1.82) is 0 Å². The van der Waals surface area contributed by atoms with Gasteiger partial charge in [0, 0.05) is 13.1 Å². The topological polar surface area (TPSA) is 50.4 Å². The van der Waals surface area contributed by atoms with Crippen molar-refractivity contribution in [2.75, 3.05) is 24.6 Å². The summed E-state index contributed by atoms with van der Waals surface area (Å²) in [4.78, 5) is 4.45. The molecule has 2 aliphatic rings. The number of nitrogens with two attached hydrogens (primary N) is 1. The number of aliphatic imine (C=N–C) groups is 1. The van der Waals surface area contributed by atoms with Crippen LogP contribution >= 0.6 is 11.8 Å². The van der Waals surface area contributed by atoms with E-state index in [0.29, 0.717) is 11.4 Å². The van der Waals surface area contributed by atoms with Crippen molar-refractivity contribution < 1.29 is 0 Å². The Hall–Kier alpha value is -0.380. The van der Waals surface area contributed by atoms with Crippen LogP contribution in [0.15, 0.2) is 4.99 Å². The third kappa shape index (κ3) is 2.84. The van der Waals surface area contributed by atoms with Crippen LogP contribution in [0.5, 0.6) is 0 Å². The SMILES string of the molecule is CCCNC(N)=NCC1CC12CCSCC2. The quantitative estimate of drug-likeness (QED) is 0.583. The zero-order valence-electron chi connectivity index (χ0n) is 10.2. The molecule has 0 aromatic rings. The van der Waals surface area contributed by atoms with Gasteiger partial charge in [0.2, 0.25) is 0 Å². The third-order valence-corrected chi connectivity index (χ3v) is 4.87. The maximum Gasteiger partial charge on any atom is 0.188 e. The number of guanidine groups is 1. The van der Waals surface area contributed by atoms with Crippen molar-refractivity contribution in [1.82, 2.24) is 5.32 Å². The van der Waals surface area contributed by atoms with Crippen molar-refractivity contribution in [2.45, 2.75) is 32.6 Å². The molecule has 1 atom stereocenters. The van der Waals surface area contributed by atoms with Gasteiger partial charge in [0.15, 0.2) is 5.96 Å². The minimum Gasteiger partial charge on any atom is -0.370 e. The Morgan fingerprint density at radius 3 is 2.94 bits per heavy atom. The van der Waals surface area contributed by atoms with Crippen LogP contribution in [-0.2, 0) is 0 Å². The van der Waals surface area contributed by atoms with Gasteiger partial charge in [0.05, 0.1) is 0 Å². The maximum absolute atomic E-state index is 5.79. The van der Waals surface area contributed by atoms with E-state index in [-0.39, 0.29) is 0 Å². The Morgan fingerprint density at radius 2 is 2.25 bits per heavy atom. The van der Waals surface area contributed by atoms with Crippen LogP contribution in [0, 0.1) is 11.3 Å². The Bertz CT molecular complexity index is 259. The van der Waals surface area contributed by atoms with Gasteiger partial charge < -0.3 is 11.1 Å². The molecule has 1 saturated heterocycles. The highest BCUT2D eigenvalue weighted by molar-refractivity contribution is 7.99. The summed E-state index contributed by atoms with van der Waals surface area (Å²) < 4.78 is 0. The van der Waals surface area contributed by atoms with Crippen molar-refractivity contribution in [2.24, 2.45) is 22.1 Å².